The maximum Gasteiger partial charge on any atom is 0.221 e. The van der Waals surface area contributed by atoms with Gasteiger partial charge < -0.3 is 11.2 Å². The third-order valence-corrected chi connectivity index (χ3v) is 5.64. The molecule has 1 aromatic carbocycles. The van der Waals surface area contributed by atoms with E-state index in [2.05, 4.69) is 10.4 Å². The molecule has 28 heavy (non-hydrogen) atoms. The Balaban J connectivity index is 1.57. The Hall–Kier alpha value is -2.89. The number of nitrogens with zero attached hydrogens (tertiary/aromatic N) is 3. The second kappa shape index (κ2) is 8.00. The van der Waals surface area contributed by atoms with Gasteiger partial charge in [0.15, 0.2) is 0 Å². The SMILES string of the molecule is CC(=O)Nc1ccc(CCc2nn(N)c3ccnc(C4CCCCC4)c23)cc1. The van der Waals surface area contributed by atoms with Crippen molar-refractivity contribution >= 4 is 22.5 Å². The first-order valence-corrected chi connectivity index (χ1v) is 10.1. The van der Waals surface area contributed by atoms with Crippen molar-refractivity contribution in [2.24, 2.45) is 0 Å². The Labute approximate surface area is 165 Å². The van der Waals surface area contributed by atoms with Gasteiger partial charge in [0.25, 0.3) is 0 Å². The molecule has 1 saturated carbocycles. The predicted molar refractivity (Wildman–Crippen MR) is 112 cm³/mol. The van der Waals surface area contributed by atoms with E-state index in [0.29, 0.717) is 5.92 Å². The second-order valence-electron chi connectivity index (χ2n) is 7.69. The van der Waals surface area contributed by atoms with Gasteiger partial charge >= 0.3 is 0 Å². The van der Waals surface area contributed by atoms with Crippen LogP contribution in [0.1, 0.15) is 61.9 Å². The van der Waals surface area contributed by atoms with E-state index in [0.717, 1.165) is 35.1 Å². The predicted octanol–water partition coefficient (Wildman–Crippen LogP) is 3.94. The lowest BCUT2D eigenvalue weighted by Gasteiger charge is -2.21. The van der Waals surface area contributed by atoms with Gasteiger partial charge in [-0.3, -0.25) is 9.78 Å². The Bertz CT molecular complexity index is 971. The number of nitrogens with one attached hydrogen (secondary N) is 1. The molecular formula is C22H27N5O. The molecule has 0 bridgehead atoms. The number of fused-ring (bicyclic) bond motifs is 1. The van der Waals surface area contributed by atoms with Crippen molar-refractivity contribution < 1.29 is 4.79 Å². The van der Waals surface area contributed by atoms with Crippen LogP contribution in [-0.2, 0) is 17.6 Å². The van der Waals surface area contributed by atoms with E-state index in [1.165, 1.54) is 55.1 Å². The number of rotatable bonds is 5. The highest BCUT2D eigenvalue weighted by atomic mass is 16.1. The molecule has 4 rings (SSSR count). The van der Waals surface area contributed by atoms with E-state index in [4.69, 9.17) is 10.8 Å². The molecule has 0 spiro atoms. The first-order valence-electron chi connectivity index (χ1n) is 10.1. The van der Waals surface area contributed by atoms with Crippen molar-refractivity contribution in [3.63, 3.8) is 0 Å². The molecule has 0 saturated heterocycles. The van der Waals surface area contributed by atoms with Gasteiger partial charge in [0.05, 0.1) is 16.9 Å². The quantitative estimate of drug-likeness (QED) is 0.660. The highest BCUT2D eigenvalue weighted by Gasteiger charge is 2.22. The third kappa shape index (κ3) is 3.86. The molecule has 6 nitrogen and oxygen atoms in total. The molecule has 2 aromatic heterocycles. The summed E-state index contributed by atoms with van der Waals surface area (Å²) < 4.78 is 0. The van der Waals surface area contributed by atoms with Gasteiger partial charge in [-0.1, -0.05) is 31.4 Å². The number of nitrogen functional groups attached to an aromatic ring is 1. The van der Waals surface area contributed by atoms with E-state index in [9.17, 15) is 4.79 Å². The summed E-state index contributed by atoms with van der Waals surface area (Å²) in [7, 11) is 0. The highest BCUT2D eigenvalue weighted by Crippen LogP contribution is 2.36. The van der Waals surface area contributed by atoms with Crippen LogP contribution in [0.2, 0.25) is 0 Å². The minimum Gasteiger partial charge on any atom is -0.326 e. The number of benzene rings is 1. The van der Waals surface area contributed by atoms with Crippen LogP contribution in [0.5, 0.6) is 0 Å². The van der Waals surface area contributed by atoms with Crippen LogP contribution >= 0.6 is 0 Å². The van der Waals surface area contributed by atoms with Crippen LogP contribution in [0.3, 0.4) is 0 Å². The van der Waals surface area contributed by atoms with Gasteiger partial charge in [-0.15, -0.1) is 0 Å². The second-order valence-corrected chi connectivity index (χ2v) is 7.69. The molecule has 3 N–H and O–H groups in total. The summed E-state index contributed by atoms with van der Waals surface area (Å²) >= 11 is 0. The number of amides is 1. The third-order valence-electron chi connectivity index (χ3n) is 5.64. The maximum atomic E-state index is 11.2. The number of pyridine rings is 1. The number of hydrogen-bond donors (Lipinski definition) is 2. The molecule has 0 radical (unpaired) electrons. The van der Waals surface area contributed by atoms with Crippen molar-refractivity contribution in [2.75, 3.05) is 11.2 Å². The number of nitrogens with two attached hydrogens (primary N) is 1. The van der Waals surface area contributed by atoms with Gasteiger partial charge in [0, 0.05) is 30.1 Å². The van der Waals surface area contributed by atoms with Crippen molar-refractivity contribution in [3.05, 3.63) is 53.5 Å². The van der Waals surface area contributed by atoms with Crippen molar-refractivity contribution in [1.29, 1.82) is 0 Å². The first-order chi connectivity index (χ1) is 13.6. The Kier molecular flexibility index (Phi) is 5.28. The number of aromatic nitrogens is 3. The van der Waals surface area contributed by atoms with Crippen LogP contribution in [0.4, 0.5) is 5.69 Å². The van der Waals surface area contributed by atoms with Gasteiger partial charge in [-0.25, -0.2) is 0 Å². The zero-order valence-corrected chi connectivity index (χ0v) is 16.3. The molecule has 1 fully saturated rings. The number of carbonyl (C=O) groups excluding carboxylic acids is 1. The molecule has 6 heteroatoms. The van der Waals surface area contributed by atoms with Crippen LogP contribution in [0.25, 0.3) is 10.9 Å². The number of aryl methyl sites for hydroxylation is 2. The van der Waals surface area contributed by atoms with Gasteiger partial charge in [-0.2, -0.15) is 9.89 Å². The van der Waals surface area contributed by atoms with E-state index < -0.39 is 0 Å². The van der Waals surface area contributed by atoms with Gasteiger partial charge in [-0.05, 0) is 49.4 Å². The van der Waals surface area contributed by atoms with Gasteiger partial charge in [0.1, 0.15) is 0 Å². The molecule has 3 aromatic rings. The number of hydrogen-bond acceptors (Lipinski definition) is 4. The molecule has 1 amide bonds. The van der Waals surface area contributed by atoms with Gasteiger partial charge in [0.2, 0.25) is 5.91 Å². The number of anilines is 1. The summed E-state index contributed by atoms with van der Waals surface area (Å²) in [5.74, 6) is 6.60. The highest BCUT2D eigenvalue weighted by molar-refractivity contribution is 5.88. The fourth-order valence-corrected chi connectivity index (χ4v) is 4.27. The molecule has 1 aliphatic rings. The minimum absolute atomic E-state index is 0.0598. The van der Waals surface area contributed by atoms with Crippen LogP contribution < -0.4 is 11.2 Å². The van der Waals surface area contributed by atoms with Crippen molar-refractivity contribution in [2.45, 2.75) is 57.8 Å². The van der Waals surface area contributed by atoms with Crippen LogP contribution in [0, 0.1) is 0 Å². The summed E-state index contributed by atoms with van der Waals surface area (Å²) in [6.07, 6.45) is 9.81. The lowest BCUT2D eigenvalue weighted by atomic mass is 9.85. The minimum atomic E-state index is -0.0598. The lowest BCUT2D eigenvalue weighted by Crippen LogP contribution is -2.10. The van der Waals surface area contributed by atoms with Crippen molar-refractivity contribution in [1.82, 2.24) is 14.9 Å². The largest absolute Gasteiger partial charge is 0.326 e. The molecule has 0 aliphatic heterocycles. The molecule has 146 valence electrons. The zero-order valence-electron chi connectivity index (χ0n) is 16.3. The first kappa shape index (κ1) is 18.5. The fourth-order valence-electron chi connectivity index (χ4n) is 4.27. The normalized spacial score (nSPS) is 15.0. The standard InChI is InChI=1S/C22H27N5O/c1-15(28)25-18-10-7-16(8-11-18)9-12-19-21-20(27(23)26-19)13-14-24-22(21)17-5-3-2-4-6-17/h7-8,10-11,13-14,17H,2-6,9,12,23H2,1H3,(H,25,28). The molecule has 2 heterocycles. The Morgan fingerprint density at radius 2 is 1.89 bits per heavy atom. The topological polar surface area (TPSA) is 85.8 Å². The summed E-state index contributed by atoms with van der Waals surface area (Å²) in [6, 6.07) is 9.93. The molecule has 1 aliphatic carbocycles. The van der Waals surface area contributed by atoms with E-state index in [1.807, 2.05) is 36.5 Å². The number of carbonyl (C=O) groups is 1. The average Bonchev–Trinajstić information content (AvgIpc) is 3.04. The monoisotopic (exact) mass is 377 g/mol. The van der Waals surface area contributed by atoms with E-state index in [1.54, 1.807) is 0 Å². The summed E-state index contributed by atoms with van der Waals surface area (Å²) in [5.41, 5.74) is 5.18. The molecular weight excluding hydrogens is 350 g/mol. The smallest absolute Gasteiger partial charge is 0.221 e. The summed E-state index contributed by atoms with van der Waals surface area (Å²) in [4.78, 5) is 17.4. The fraction of sp³-hybridized carbons (Fsp3) is 0.409. The van der Waals surface area contributed by atoms with E-state index >= 15 is 0 Å². The molecule has 0 unspecified atom stereocenters. The summed E-state index contributed by atoms with van der Waals surface area (Å²) in [6.45, 7) is 1.51. The Morgan fingerprint density at radius 1 is 1.14 bits per heavy atom. The van der Waals surface area contributed by atoms with Crippen molar-refractivity contribution in [3.8, 4) is 0 Å². The lowest BCUT2D eigenvalue weighted by molar-refractivity contribution is -0.114. The summed E-state index contributed by atoms with van der Waals surface area (Å²) in [5, 5.41) is 8.56. The zero-order chi connectivity index (χ0) is 19.5. The van der Waals surface area contributed by atoms with Crippen LogP contribution in [0.15, 0.2) is 36.5 Å². The Morgan fingerprint density at radius 3 is 2.61 bits per heavy atom. The van der Waals surface area contributed by atoms with Crippen LogP contribution in [-0.4, -0.2) is 20.8 Å². The molecule has 0 atom stereocenters. The van der Waals surface area contributed by atoms with E-state index in [-0.39, 0.29) is 5.91 Å². The average molecular weight is 377 g/mol. The maximum absolute atomic E-state index is 11.2.